The lowest BCUT2D eigenvalue weighted by Gasteiger charge is -2.38. The van der Waals surface area contributed by atoms with E-state index in [1.165, 1.54) is 12.1 Å². The van der Waals surface area contributed by atoms with E-state index in [0.29, 0.717) is 13.1 Å². The van der Waals surface area contributed by atoms with E-state index in [1.807, 2.05) is 0 Å². The molecule has 1 aromatic rings. The molecule has 1 saturated heterocycles. The summed E-state index contributed by atoms with van der Waals surface area (Å²) in [5, 5.41) is 0. The highest BCUT2D eigenvalue weighted by atomic mass is 32.1. The number of piperidine rings is 1. The summed E-state index contributed by atoms with van der Waals surface area (Å²) in [4.78, 5) is 1.77. The lowest BCUT2D eigenvalue weighted by molar-refractivity contribution is 0.278. The van der Waals surface area contributed by atoms with Gasteiger partial charge in [0.05, 0.1) is 0 Å². The maximum Gasteiger partial charge on any atom is 0.150 e. The van der Waals surface area contributed by atoms with Gasteiger partial charge in [0.25, 0.3) is 0 Å². The molecule has 1 aliphatic rings. The van der Waals surface area contributed by atoms with E-state index in [1.54, 1.807) is 4.90 Å². The molecule has 1 heterocycles. The molecule has 5 heteroatoms. The summed E-state index contributed by atoms with van der Waals surface area (Å²) in [7, 11) is 0. The fourth-order valence-electron chi connectivity index (χ4n) is 2.35. The van der Waals surface area contributed by atoms with Crippen LogP contribution in [0.5, 0.6) is 0 Å². The SMILES string of the molecule is CC1(C)CCN(c2c(F)cc(C(N)=S)cc2F)CC1. The number of nitrogens with zero attached hydrogens (tertiary/aromatic N) is 1. The Hall–Kier alpha value is -1.23. The molecule has 0 amide bonds. The first kappa shape index (κ1) is 14.2. The largest absolute Gasteiger partial charge is 0.389 e. The molecular formula is C14H18F2N2S. The lowest BCUT2D eigenvalue weighted by atomic mass is 9.82. The predicted octanol–water partition coefficient (Wildman–Crippen LogP) is 3.23. The number of anilines is 1. The van der Waals surface area contributed by atoms with Crippen molar-refractivity contribution in [2.45, 2.75) is 26.7 Å². The van der Waals surface area contributed by atoms with Crippen LogP contribution in [-0.2, 0) is 0 Å². The first-order valence-corrected chi connectivity index (χ1v) is 6.75. The van der Waals surface area contributed by atoms with Gasteiger partial charge in [0.1, 0.15) is 22.3 Å². The van der Waals surface area contributed by atoms with Crippen LogP contribution in [0.4, 0.5) is 14.5 Å². The third-order valence-electron chi connectivity index (χ3n) is 3.73. The first-order chi connectivity index (χ1) is 8.80. The number of hydrogen-bond donors (Lipinski definition) is 1. The molecule has 1 aliphatic heterocycles. The number of nitrogens with two attached hydrogens (primary N) is 1. The highest BCUT2D eigenvalue weighted by Crippen LogP contribution is 2.34. The lowest BCUT2D eigenvalue weighted by Crippen LogP contribution is -2.38. The van der Waals surface area contributed by atoms with E-state index in [2.05, 4.69) is 13.8 Å². The zero-order valence-corrected chi connectivity index (χ0v) is 12.0. The minimum Gasteiger partial charge on any atom is -0.389 e. The van der Waals surface area contributed by atoms with Gasteiger partial charge in [-0.3, -0.25) is 0 Å². The van der Waals surface area contributed by atoms with Crippen molar-refractivity contribution in [3.05, 3.63) is 29.3 Å². The van der Waals surface area contributed by atoms with E-state index in [0.717, 1.165) is 12.8 Å². The van der Waals surface area contributed by atoms with Crippen molar-refractivity contribution in [2.24, 2.45) is 11.1 Å². The minimum absolute atomic E-state index is 0.00382. The van der Waals surface area contributed by atoms with Gasteiger partial charge in [-0.15, -0.1) is 0 Å². The summed E-state index contributed by atoms with van der Waals surface area (Å²) >= 11 is 4.74. The monoisotopic (exact) mass is 284 g/mol. The zero-order chi connectivity index (χ0) is 14.2. The van der Waals surface area contributed by atoms with Crippen molar-refractivity contribution in [2.75, 3.05) is 18.0 Å². The van der Waals surface area contributed by atoms with Gasteiger partial charge < -0.3 is 10.6 Å². The average Bonchev–Trinajstić information content (AvgIpc) is 2.30. The van der Waals surface area contributed by atoms with Crippen LogP contribution in [0, 0.1) is 17.0 Å². The highest BCUT2D eigenvalue weighted by molar-refractivity contribution is 7.80. The van der Waals surface area contributed by atoms with Gasteiger partial charge in [0.2, 0.25) is 0 Å². The topological polar surface area (TPSA) is 29.3 Å². The third kappa shape index (κ3) is 3.03. The van der Waals surface area contributed by atoms with Gasteiger partial charge in [-0.2, -0.15) is 0 Å². The van der Waals surface area contributed by atoms with Gasteiger partial charge in [-0.1, -0.05) is 26.1 Å². The maximum atomic E-state index is 14.1. The Labute approximate surface area is 117 Å². The van der Waals surface area contributed by atoms with Gasteiger partial charge in [-0.25, -0.2) is 8.78 Å². The molecule has 1 aromatic carbocycles. The molecule has 0 unspecified atom stereocenters. The summed E-state index contributed by atoms with van der Waals surface area (Å²) in [6.07, 6.45) is 1.84. The average molecular weight is 284 g/mol. The Morgan fingerprint density at radius 3 is 2.11 bits per heavy atom. The quantitative estimate of drug-likeness (QED) is 0.846. The van der Waals surface area contributed by atoms with E-state index in [4.69, 9.17) is 18.0 Å². The van der Waals surface area contributed by atoms with Crippen LogP contribution < -0.4 is 10.6 Å². The Morgan fingerprint density at radius 2 is 1.68 bits per heavy atom. The van der Waals surface area contributed by atoms with Crippen LogP contribution >= 0.6 is 12.2 Å². The molecule has 1 fully saturated rings. The van der Waals surface area contributed by atoms with Crippen molar-refractivity contribution < 1.29 is 8.78 Å². The summed E-state index contributed by atoms with van der Waals surface area (Å²) in [6, 6.07) is 2.42. The molecule has 104 valence electrons. The van der Waals surface area contributed by atoms with Crippen LogP contribution in [0.2, 0.25) is 0 Å². The fraction of sp³-hybridized carbons (Fsp3) is 0.500. The molecule has 0 saturated carbocycles. The Kier molecular flexibility index (Phi) is 3.76. The number of benzene rings is 1. The van der Waals surface area contributed by atoms with Crippen molar-refractivity contribution >= 4 is 22.9 Å². The fourth-order valence-corrected chi connectivity index (χ4v) is 2.46. The molecule has 0 bridgehead atoms. The van der Waals surface area contributed by atoms with Crippen molar-refractivity contribution in [1.82, 2.24) is 0 Å². The van der Waals surface area contributed by atoms with Crippen molar-refractivity contribution in [3.8, 4) is 0 Å². The van der Waals surface area contributed by atoms with Crippen LogP contribution in [0.3, 0.4) is 0 Å². The van der Waals surface area contributed by atoms with Crippen LogP contribution in [0.25, 0.3) is 0 Å². The van der Waals surface area contributed by atoms with E-state index < -0.39 is 11.6 Å². The second kappa shape index (κ2) is 5.04. The van der Waals surface area contributed by atoms with Gasteiger partial charge in [0.15, 0.2) is 0 Å². The Bertz CT molecular complexity index is 481. The smallest absolute Gasteiger partial charge is 0.150 e. The molecule has 0 radical (unpaired) electrons. The second-order valence-corrected chi connectivity index (χ2v) is 6.24. The summed E-state index contributed by atoms with van der Waals surface area (Å²) < 4.78 is 28.1. The molecule has 2 rings (SSSR count). The molecule has 2 nitrogen and oxygen atoms in total. The third-order valence-corrected chi connectivity index (χ3v) is 3.97. The van der Waals surface area contributed by atoms with Gasteiger partial charge in [-0.05, 0) is 30.4 Å². The normalized spacial score (nSPS) is 18.4. The van der Waals surface area contributed by atoms with Gasteiger partial charge in [0, 0.05) is 18.7 Å². The molecule has 2 N–H and O–H groups in total. The molecule has 0 aromatic heterocycles. The van der Waals surface area contributed by atoms with Gasteiger partial charge >= 0.3 is 0 Å². The van der Waals surface area contributed by atoms with Crippen LogP contribution in [0.15, 0.2) is 12.1 Å². The molecule has 19 heavy (non-hydrogen) atoms. The highest BCUT2D eigenvalue weighted by Gasteiger charge is 2.28. The minimum atomic E-state index is -0.595. The number of halogens is 2. The van der Waals surface area contributed by atoms with E-state index >= 15 is 0 Å². The van der Waals surface area contributed by atoms with Crippen LogP contribution in [0.1, 0.15) is 32.3 Å². The van der Waals surface area contributed by atoms with E-state index in [9.17, 15) is 8.78 Å². The predicted molar refractivity (Wildman–Crippen MR) is 77.5 cm³/mol. The molecule has 0 spiro atoms. The first-order valence-electron chi connectivity index (χ1n) is 6.34. The second-order valence-electron chi connectivity index (χ2n) is 5.80. The Morgan fingerprint density at radius 1 is 1.21 bits per heavy atom. The van der Waals surface area contributed by atoms with Crippen LogP contribution in [-0.4, -0.2) is 18.1 Å². The summed E-state index contributed by atoms with van der Waals surface area (Å²) in [5.41, 5.74) is 5.90. The number of rotatable bonds is 2. The Balaban J connectivity index is 2.29. The zero-order valence-electron chi connectivity index (χ0n) is 11.2. The van der Waals surface area contributed by atoms with Crippen molar-refractivity contribution in [3.63, 3.8) is 0 Å². The summed E-state index contributed by atoms with van der Waals surface area (Å²) in [5.74, 6) is -1.19. The van der Waals surface area contributed by atoms with Crippen molar-refractivity contribution in [1.29, 1.82) is 0 Å². The standard InChI is InChI=1S/C14H18F2N2S/c1-14(2)3-5-18(6-4-14)12-10(15)7-9(13(17)19)8-11(12)16/h7-8H,3-6H2,1-2H3,(H2,17,19). The van der Waals surface area contributed by atoms with E-state index in [-0.39, 0.29) is 21.7 Å². The number of thiocarbonyl (C=S) groups is 1. The summed E-state index contributed by atoms with van der Waals surface area (Å²) in [6.45, 7) is 5.67. The molecule has 0 aliphatic carbocycles. The number of hydrogen-bond acceptors (Lipinski definition) is 2. The maximum absolute atomic E-state index is 14.1. The molecule has 0 atom stereocenters. The molecular weight excluding hydrogens is 266 g/mol.